The van der Waals surface area contributed by atoms with Crippen LogP contribution in [0.2, 0.25) is 10.1 Å². The number of nitrogens with one attached hydrogen (secondary N) is 1. The molecular formula is C22H28FN3O4SSi. The number of sulfonamides is 1. The summed E-state index contributed by atoms with van der Waals surface area (Å²) < 4.78 is 41.9. The van der Waals surface area contributed by atoms with Gasteiger partial charge in [0.2, 0.25) is 0 Å². The molecule has 1 aliphatic rings. The van der Waals surface area contributed by atoms with Crippen molar-refractivity contribution in [1.29, 1.82) is 0 Å². The number of carbonyl (C=O) groups is 1. The summed E-state index contributed by atoms with van der Waals surface area (Å²) >= 11 is 0. The summed E-state index contributed by atoms with van der Waals surface area (Å²) in [6.07, 6.45) is 0.714. The predicted octanol–water partition coefficient (Wildman–Crippen LogP) is 4.80. The van der Waals surface area contributed by atoms with Gasteiger partial charge in [0.1, 0.15) is 5.82 Å². The van der Waals surface area contributed by atoms with Gasteiger partial charge in [0.15, 0.2) is 0 Å². The lowest BCUT2D eigenvalue weighted by molar-refractivity contribution is 0.209. The van der Waals surface area contributed by atoms with Gasteiger partial charge in [-0.25, -0.2) is 17.6 Å². The zero-order chi connectivity index (χ0) is 23.9. The summed E-state index contributed by atoms with van der Waals surface area (Å²) in [5.41, 5.74) is 1.12. The van der Waals surface area contributed by atoms with Crippen LogP contribution in [0, 0.1) is 11.7 Å². The number of halogens is 1. The molecule has 0 spiro atoms. The lowest BCUT2D eigenvalue weighted by atomic mass is 9.87. The molecule has 10 heteroatoms. The van der Waals surface area contributed by atoms with Crippen LogP contribution in [0.15, 0.2) is 41.4 Å². The Bertz CT molecular complexity index is 1110. The molecule has 1 atom stereocenters. The Balaban J connectivity index is 2.10. The predicted molar refractivity (Wildman–Crippen MR) is 124 cm³/mol. The number of fused-ring (bicyclic) bond motifs is 1. The van der Waals surface area contributed by atoms with Crippen LogP contribution >= 0.6 is 0 Å². The molecule has 172 valence electrons. The quantitative estimate of drug-likeness (QED) is 0.603. The van der Waals surface area contributed by atoms with E-state index in [1.54, 1.807) is 0 Å². The number of rotatable bonds is 5. The maximum absolute atomic E-state index is 13.6. The summed E-state index contributed by atoms with van der Waals surface area (Å²) in [6, 6.07) is 6.19. The summed E-state index contributed by atoms with van der Waals surface area (Å²) in [4.78, 5) is 15.5. The smallest absolute Gasteiger partial charge is 0.409 e. The SMILES string of the molecule is CC(C)(C)[Si]C(C)(C)C1Cc2ncc(NC(=O)O)cc2N(S(=O)(=O)c2ccc(F)cc2)C1. The number of aromatic nitrogens is 1. The number of benzene rings is 1. The molecule has 2 radical (unpaired) electrons. The topological polar surface area (TPSA) is 99.6 Å². The number of carboxylic acid groups (broad SMARTS) is 1. The summed E-state index contributed by atoms with van der Waals surface area (Å²) in [5.74, 6) is -0.531. The Hall–Kier alpha value is -2.46. The number of hydrogen-bond acceptors (Lipinski definition) is 4. The van der Waals surface area contributed by atoms with Gasteiger partial charge in [0, 0.05) is 6.54 Å². The lowest BCUT2D eigenvalue weighted by Crippen LogP contribution is -2.45. The van der Waals surface area contributed by atoms with Gasteiger partial charge in [-0.15, -0.1) is 0 Å². The van der Waals surface area contributed by atoms with E-state index in [1.165, 1.54) is 28.7 Å². The Labute approximate surface area is 190 Å². The number of nitrogens with zero attached hydrogens (tertiary/aromatic N) is 2. The van der Waals surface area contributed by atoms with Gasteiger partial charge < -0.3 is 5.11 Å². The third-order valence-electron chi connectivity index (χ3n) is 5.41. The van der Waals surface area contributed by atoms with E-state index >= 15 is 0 Å². The summed E-state index contributed by atoms with van der Waals surface area (Å²) in [5, 5.41) is 11.2. The van der Waals surface area contributed by atoms with Gasteiger partial charge in [-0.2, -0.15) is 0 Å². The second-order valence-corrected chi connectivity index (χ2v) is 14.5. The molecule has 2 heterocycles. The molecular weight excluding hydrogens is 449 g/mol. The Morgan fingerprint density at radius 3 is 2.41 bits per heavy atom. The molecule has 3 rings (SSSR count). The van der Waals surface area contributed by atoms with Crippen LogP contribution in [0.25, 0.3) is 0 Å². The number of amides is 1. The first kappa shape index (κ1) is 24.2. The molecule has 2 N–H and O–H groups in total. The second-order valence-electron chi connectivity index (χ2n) is 9.61. The van der Waals surface area contributed by atoms with E-state index in [0.29, 0.717) is 27.3 Å². The molecule has 1 aromatic heterocycles. The maximum atomic E-state index is 13.6. The zero-order valence-electron chi connectivity index (χ0n) is 18.8. The molecule has 1 aromatic carbocycles. The van der Waals surface area contributed by atoms with E-state index in [0.717, 1.165) is 12.1 Å². The van der Waals surface area contributed by atoms with Crippen LogP contribution in [0.5, 0.6) is 0 Å². The highest BCUT2D eigenvalue weighted by Gasteiger charge is 2.42. The minimum atomic E-state index is -4.02. The molecule has 0 aliphatic carbocycles. The van der Waals surface area contributed by atoms with Crippen molar-refractivity contribution in [2.45, 2.75) is 56.0 Å². The van der Waals surface area contributed by atoms with Gasteiger partial charge in [-0.05, 0) is 52.7 Å². The third-order valence-corrected chi connectivity index (χ3v) is 9.01. The highest BCUT2D eigenvalue weighted by Crippen LogP contribution is 2.47. The van der Waals surface area contributed by atoms with Crippen molar-refractivity contribution in [3.8, 4) is 0 Å². The van der Waals surface area contributed by atoms with Crippen LogP contribution in [0.3, 0.4) is 0 Å². The fourth-order valence-electron chi connectivity index (χ4n) is 4.16. The minimum Gasteiger partial charge on any atom is -0.465 e. The average molecular weight is 478 g/mol. The Morgan fingerprint density at radius 1 is 1.22 bits per heavy atom. The molecule has 2 aromatic rings. The molecule has 1 aliphatic heterocycles. The van der Waals surface area contributed by atoms with Crippen LogP contribution < -0.4 is 9.62 Å². The molecule has 1 unspecified atom stereocenters. The fraction of sp³-hybridized carbons (Fsp3) is 0.455. The van der Waals surface area contributed by atoms with Gasteiger partial charge in [0.25, 0.3) is 10.0 Å². The van der Waals surface area contributed by atoms with E-state index in [2.05, 4.69) is 44.9 Å². The molecule has 0 saturated carbocycles. The van der Waals surface area contributed by atoms with Gasteiger partial charge in [0.05, 0.1) is 37.7 Å². The third kappa shape index (κ3) is 5.29. The molecule has 1 amide bonds. The van der Waals surface area contributed by atoms with Gasteiger partial charge >= 0.3 is 6.09 Å². The van der Waals surface area contributed by atoms with E-state index in [-0.39, 0.29) is 33.1 Å². The van der Waals surface area contributed by atoms with E-state index < -0.39 is 21.9 Å². The fourth-order valence-corrected chi connectivity index (χ4v) is 8.01. The maximum Gasteiger partial charge on any atom is 0.409 e. The first-order valence-electron chi connectivity index (χ1n) is 10.3. The first-order chi connectivity index (χ1) is 14.7. The van der Waals surface area contributed by atoms with Crippen LogP contribution in [0.1, 0.15) is 40.3 Å². The highest BCUT2D eigenvalue weighted by atomic mass is 32.2. The van der Waals surface area contributed by atoms with Crippen molar-refractivity contribution < 1.29 is 22.7 Å². The lowest BCUT2D eigenvalue weighted by Gasteiger charge is -2.44. The van der Waals surface area contributed by atoms with Crippen molar-refractivity contribution >= 4 is 37.0 Å². The second kappa shape index (κ2) is 8.47. The van der Waals surface area contributed by atoms with E-state index in [9.17, 15) is 17.6 Å². The van der Waals surface area contributed by atoms with Crippen LogP contribution in [-0.2, 0) is 16.4 Å². The molecule has 32 heavy (non-hydrogen) atoms. The average Bonchev–Trinajstić information content (AvgIpc) is 2.65. The Morgan fingerprint density at radius 2 is 1.84 bits per heavy atom. The number of anilines is 2. The molecule has 0 fully saturated rings. The normalized spacial score (nSPS) is 17.1. The van der Waals surface area contributed by atoms with E-state index in [1.807, 2.05) is 0 Å². The molecule has 0 saturated heterocycles. The number of hydrogen-bond donors (Lipinski definition) is 2. The first-order valence-corrected chi connectivity index (χ1v) is 12.7. The molecule has 7 nitrogen and oxygen atoms in total. The zero-order valence-corrected chi connectivity index (χ0v) is 20.6. The van der Waals surface area contributed by atoms with Crippen molar-refractivity contribution in [3.63, 3.8) is 0 Å². The minimum absolute atomic E-state index is 0.00596. The van der Waals surface area contributed by atoms with Gasteiger partial charge in [-0.3, -0.25) is 14.6 Å². The molecule has 0 bridgehead atoms. The van der Waals surface area contributed by atoms with Gasteiger partial charge in [-0.1, -0.05) is 34.6 Å². The largest absolute Gasteiger partial charge is 0.465 e. The van der Waals surface area contributed by atoms with Crippen molar-refractivity contribution in [2.75, 3.05) is 16.2 Å². The highest BCUT2D eigenvalue weighted by molar-refractivity contribution is 7.92. The number of pyridine rings is 1. The summed E-state index contributed by atoms with van der Waals surface area (Å²) in [6.45, 7) is 11.0. The van der Waals surface area contributed by atoms with E-state index in [4.69, 9.17) is 5.11 Å². The standard InChI is InChI=1S/C22H28FN3O4SSi/c1-21(2,3)32-22(4,5)14-10-18-19(11-16(12-24-18)25-20(27)28)26(13-14)31(29,30)17-8-6-15(23)7-9-17/h6-9,11-12,14,25H,10,13H2,1-5H3,(H,27,28). The summed E-state index contributed by atoms with van der Waals surface area (Å²) in [7, 11) is -3.44. The van der Waals surface area contributed by atoms with Crippen molar-refractivity contribution in [3.05, 3.63) is 48.0 Å². The van der Waals surface area contributed by atoms with Crippen molar-refractivity contribution in [1.82, 2.24) is 4.98 Å². The van der Waals surface area contributed by atoms with Crippen LogP contribution in [-0.4, -0.2) is 40.7 Å². The Kier molecular flexibility index (Phi) is 6.40. The van der Waals surface area contributed by atoms with Crippen LogP contribution in [0.4, 0.5) is 20.6 Å². The van der Waals surface area contributed by atoms with Crippen molar-refractivity contribution in [2.24, 2.45) is 5.92 Å². The monoisotopic (exact) mass is 477 g/mol.